The van der Waals surface area contributed by atoms with E-state index in [0.29, 0.717) is 5.41 Å². The second kappa shape index (κ2) is 5.08. The van der Waals surface area contributed by atoms with E-state index < -0.39 is 0 Å². The molecule has 2 aliphatic rings. The molecule has 2 fully saturated rings. The summed E-state index contributed by atoms with van der Waals surface area (Å²) in [6.45, 7) is 8.66. The summed E-state index contributed by atoms with van der Waals surface area (Å²) in [4.78, 5) is 0. The minimum absolute atomic E-state index is 0.543. The van der Waals surface area contributed by atoms with Crippen molar-refractivity contribution < 1.29 is 5.32 Å². The number of rotatable bonds is 1. The lowest BCUT2D eigenvalue weighted by Crippen LogP contribution is -2.92. The van der Waals surface area contributed by atoms with Gasteiger partial charge in [0.2, 0.25) is 0 Å². The fraction of sp³-hybridized carbons (Fsp3) is 1.00. The number of piperidine rings is 1. The number of nitrogens with two attached hydrogens (primary N) is 1. The molecule has 1 aliphatic carbocycles. The van der Waals surface area contributed by atoms with Crippen LogP contribution in [0.2, 0.25) is 0 Å². The highest BCUT2D eigenvalue weighted by Crippen LogP contribution is 2.40. The third kappa shape index (κ3) is 3.00. The van der Waals surface area contributed by atoms with Gasteiger partial charge in [-0.1, -0.05) is 20.8 Å². The molecule has 0 bridgehead atoms. The summed E-state index contributed by atoms with van der Waals surface area (Å²) in [5, 5.41) is 2.64. The Bertz CT molecular complexity index is 202. The van der Waals surface area contributed by atoms with Gasteiger partial charge in [0.05, 0.1) is 12.6 Å². The molecule has 0 aromatic heterocycles. The van der Waals surface area contributed by atoms with Crippen LogP contribution in [0.15, 0.2) is 0 Å². The molecule has 0 spiro atoms. The molecule has 0 radical (unpaired) electrons. The molecule has 2 rings (SSSR count). The lowest BCUT2D eigenvalue weighted by Gasteiger charge is -2.39. The fourth-order valence-corrected chi connectivity index (χ4v) is 3.82. The number of quaternary nitrogens is 1. The monoisotopic (exact) mass is 224 g/mol. The van der Waals surface area contributed by atoms with Crippen molar-refractivity contribution in [2.75, 3.05) is 6.54 Å². The van der Waals surface area contributed by atoms with Gasteiger partial charge in [-0.15, -0.1) is 0 Å². The van der Waals surface area contributed by atoms with Crippen molar-refractivity contribution in [3.05, 3.63) is 0 Å². The highest BCUT2D eigenvalue weighted by molar-refractivity contribution is 4.83. The van der Waals surface area contributed by atoms with Crippen molar-refractivity contribution in [2.45, 2.75) is 71.8 Å². The summed E-state index contributed by atoms with van der Waals surface area (Å²) < 4.78 is 0. The zero-order valence-electron chi connectivity index (χ0n) is 11.5. The molecule has 94 valence electrons. The Hall–Kier alpha value is -0.0400. The highest BCUT2D eigenvalue weighted by atomic mass is 14.9. The maximum absolute atomic E-state index is 2.64. The molecule has 0 amide bonds. The molecule has 2 N–H and O–H groups in total. The summed E-state index contributed by atoms with van der Waals surface area (Å²) in [5.74, 6) is 2.02. The maximum Gasteiger partial charge on any atom is 0.0887 e. The maximum atomic E-state index is 2.64. The van der Waals surface area contributed by atoms with Gasteiger partial charge in [-0.3, -0.25) is 0 Å². The molecule has 1 atom stereocenters. The summed E-state index contributed by atoms with van der Waals surface area (Å²) in [6.07, 6.45) is 10.4. The highest BCUT2D eigenvalue weighted by Gasteiger charge is 2.34. The summed E-state index contributed by atoms with van der Waals surface area (Å²) in [6, 6.07) is 0.981. The third-order valence-corrected chi connectivity index (χ3v) is 5.06. The van der Waals surface area contributed by atoms with E-state index in [0.717, 1.165) is 17.9 Å². The van der Waals surface area contributed by atoms with Gasteiger partial charge in [-0.2, -0.15) is 0 Å². The minimum atomic E-state index is 0.543. The summed E-state index contributed by atoms with van der Waals surface area (Å²) >= 11 is 0. The topological polar surface area (TPSA) is 16.6 Å². The first-order valence-electron chi connectivity index (χ1n) is 7.40. The normalized spacial score (nSPS) is 37.3. The molecule has 0 aromatic rings. The zero-order chi connectivity index (χ0) is 11.6. The first kappa shape index (κ1) is 12.4. The molecule has 1 saturated carbocycles. The largest absolute Gasteiger partial charge is 0.344 e. The minimum Gasteiger partial charge on any atom is -0.344 e. The van der Waals surface area contributed by atoms with E-state index >= 15 is 0 Å². The van der Waals surface area contributed by atoms with Crippen molar-refractivity contribution in [1.82, 2.24) is 0 Å². The van der Waals surface area contributed by atoms with Gasteiger partial charge in [-0.25, -0.2) is 0 Å². The van der Waals surface area contributed by atoms with Gasteiger partial charge >= 0.3 is 0 Å². The molecule has 1 saturated heterocycles. The second-order valence-electron chi connectivity index (χ2n) is 7.16. The van der Waals surface area contributed by atoms with Crippen LogP contribution in [0.3, 0.4) is 0 Å². The smallest absolute Gasteiger partial charge is 0.0887 e. The van der Waals surface area contributed by atoms with Crippen molar-refractivity contribution in [1.29, 1.82) is 0 Å². The van der Waals surface area contributed by atoms with E-state index in [1.54, 1.807) is 0 Å². The van der Waals surface area contributed by atoms with Gasteiger partial charge < -0.3 is 5.32 Å². The predicted molar refractivity (Wildman–Crippen MR) is 69.3 cm³/mol. The van der Waals surface area contributed by atoms with Crippen LogP contribution in [-0.4, -0.2) is 12.6 Å². The Morgan fingerprint density at radius 2 is 1.56 bits per heavy atom. The van der Waals surface area contributed by atoms with Crippen LogP contribution < -0.4 is 5.32 Å². The standard InChI is InChI=1S/C15H29N/c1-15(2,3)13-9-7-12(8-10-13)14-6-4-5-11-16-14/h12-14,16H,4-11H2,1-3H3/p+1/t12?,13?,14-/m1/s1. The Kier molecular flexibility index (Phi) is 3.94. The van der Waals surface area contributed by atoms with Crippen LogP contribution in [0.1, 0.15) is 65.7 Å². The SMILES string of the molecule is CC(C)(C)C1CCC([C@H]2CCCC[NH2+]2)CC1. The van der Waals surface area contributed by atoms with Gasteiger partial charge in [0.1, 0.15) is 0 Å². The summed E-state index contributed by atoms with van der Waals surface area (Å²) in [7, 11) is 0. The van der Waals surface area contributed by atoms with Crippen molar-refractivity contribution in [2.24, 2.45) is 17.3 Å². The van der Waals surface area contributed by atoms with Crippen LogP contribution in [0.5, 0.6) is 0 Å². The fourth-order valence-electron chi connectivity index (χ4n) is 3.82. The van der Waals surface area contributed by atoms with Crippen molar-refractivity contribution in [3.8, 4) is 0 Å². The lowest BCUT2D eigenvalue weighted by atomic mass is 9.68. The molecule has 1 heterocycles. The first-order chi connectivity index (χ1) is 7.57. The Labute approximate surface area is 101 Å². The van der Waals surface area contributed by atoms with Crippen LogP contribution >= 0.6 is 0 Å². The van der Waals surface area contributed by atoms with Crippen LogP contribution in [-0.2, 0) is 0 Å². The lowest BCUT2D eigenvalue weighted by molar-refractivity contribution is -0.704. The molecular weight excluding hydrogens is 194 g/mol. The Balaban J connectivity index is 1.80. The average Bonchev–Trinajstić information content (AvgIpc) is 2.29. The average molecular weight is 224 g/mol. The molecule has 0 aromatic carbocycles. The van der Waals surface area contributed by atoms with E-state index in [1.165, 1.54) is 51.5 Å². The van der Waals surface area contributed by atoms with E-state index in [1.807, 2.05) is 0 Å². The molecule has 1 aliphatic heterocycles. The van der Waals surface area contributed by atoms with E-state index in [9.17, 15) is 0 Å². The number of hydrogen-bond acceptors (Lipinski definition) is 0. The third-order valence-electron chi connectivity index (χ3n) is 5.06. The molecule has 1 nitrogen and oxygen atoms in total. The molecule has 16 heavy (non-hydrogen) atoms. The van der Waals surface area contributed by atoms with Crippen LogP contribution in [0, 0.1) is 17.3 Å². The van der Waals surface area contributed by atoms with E-state index in [-0.39, 0.29) is 0 Å². The summed E-state index contributed by atoms with van der Waals surface area (Å²) in [5.41, 5.74) is 0.543. The Morgan fingerprint density at radius 1 is 0.875 bits per heavy atom. The second-order valence-corrected chi connectivity index (χ2v) is 7.16. The Morgan fingerprint density at radius 3 is 2.06 bits per heavy atom. The van der Waals surface area contributed by atoms with Crippen molar-refractivity contribution in [3.63, 3.8) is 0 Å². The van der Waals surface area contributed by atoms with Crippen LogP contribution in [0.4, 0.5) is 0 Å². The van der Waals surface area contributed by atoms with E-state index in [2.05, 4.69) is 26.1 Å². The van der Waals surface area contributed by atoms with Gasteiger partial charge in [0, 0.05) is 5.92 Å². The van der Waals surface area contributed by atoms with Gasteiger partial charge in [-0.05, 0) is 56.3 Å². The van der Waals surface area contributed by atoms with E-state index in [4.69, 9.17) is 0 Å². The predicted octanol–water partition coefficient (Wildman–Crippen LogP) is 2.95. The van der Waals surface area contributed by atoms with Crippen LogP contribution in [0.25, 0.3) is 0 Å². The van der Waals surface area contributed by atoms with Crippen molar-refractivity contribution >= 4 is 0 Å². The first-order valence-corrected chi connectivity index (χ1v) is 7.40. The van der Waals surface area contributed by atoms with Gasteiger partial charge in [0.15, 0.2) is 0 Å². The molecule has 1 heteroatoms. The molecule has 0 unspecified atom stereocenters. The quantitative estimate of drug-likeness (QED) is 0.705. The van der Waals surface area contributed by atoms with Gasteiger partial charge in [0.25, 0.3) is 0 Å². The zero-order valence-corrected chi connectivity index (χ0v) is 11.5. The number of hydrogen-bond donors (Lipinski definition) is 1. The molecular formula is C15H30N+.